The van der Waals surface area contributed by atoms with Gasteiger partial charge in [-0.15, -0.1) is 0 Å². The number of benzene rings is 18. The molecule has 8 heteroatoms. The molecule has 0 radical (unpaired) electrons. The van der Waals surface area contributed by atoms with E-state index in [1.54, 1.807) is 0 Å². The lowest BCUT2D eigenvalue weighted by molar-refractivity contribution is 0.00578. The Kier molecular flexibility index (Phi) is 20.8. The van der Waals surface area contributed by atoms with Crippen LogP contribution in [0.25, 0.3) is 77.9 Å². The van der Waals surface area contributed by atoms with Gasteiger partial charge in [0.25, 0.3) is 0 Å². The Morgan fingerprint density at radius 3 is 0.568 bits per heavy atom. The van der Waals surface area contributed by atoms with Gasteiger partial charge in [0.1, 0.15) is 0 Å². The lowest BCUT2D eigenvalue weighted by Crippen LogP contribution is -2.41. The molecule has 18 aromatic rings. The molecule has 0 atom stereocenters. The van der Waals surface area contributed by atoms with E-state index in [1.165, 1.54) is 235 Å². The predicted molar refractivity (Wildman–Crippen MR) is 617 cm³/mol. The van der Waals surface area contributed by atoms with Gasteiger partial charge < -0.3 is 28.9 Å². The first-order valence-electron chi connectivity index (χ1n) is 52.2. The first-order chi connectivity index (χ1) is 69.8. The Morgan fingerprint density at radius 2 is 0.336 bits per heavy atom. The topological polar surface area (TPSA) is 31.4 Å². The molecule has 0 spiro atoms. The van der Waals surface area contributed by atoms with Crippen molar-refractivity contribution in [3.63, 3.8) is 0 Å². The number of para-hydroxylation sites is 4. The van der Waals surface area contributed by atoms with Gasteiger partial charge in [0.2, 0.25) is 0 Å². The Hall–Kier alpha value is -14.4. The SMILES string of the molecule is CC1(C)c2cc(-c3ccccc3)ccc2N2c3ccc(-c4ccccc4)cc3C(C)(C)c3cc(-c4ccc(B5OC(C)(C)C(C)(C)O5)cc4)cc1c32.CC1(C)c2ccccc2N2c3ccccc3C(C)(C)c3cc(-c4ccc(-c5cc6c7c(c5)C(C)(C)c5cc(-c8ccccc8)ccc5N7c5ccc(-c7ccccc7)cc5C6(C)C)cc4)cc1c32.CC1(C)c2ccccc2N2c3ccccc3C(C)(C)c3cc(Br)cc1c32. The monoisotopic (exact) mass is 1960 g/mol. The summed E-state index contributed by atoms with van der Waals surface area (Å²) >= 11 is 3.79. The summed E-state index contributed by atoms with van der Waals surface area (Å²) in [7, 11) is -0.388. The van der Waals surface area contributed by atoms with Gasteiger partial charge in [0, 0.05) is 47.8 Å². The molecule has 0 saturated carbocycles. The average molecular weight is 1960 g/mol. The Balaban J connectivity index is 0.000000125. The van der Waals surface area contributed by atoms with Crippen LogP contribution in [0.1, 0.15) is 227 Å². The maximum Gasteiger partial charge on any atom is 0.494 e. The van der Waals surface area contributed by atoms with Gasteiger partial charge in [0.15, 0.2) is 0 Å². The molecular weight excluding hydrogens is 1840 g/mol. The van der Waals surface area contributed by atoms with Crippen LogP contribution in [-0.2, 0) is 52.6 Å². The van der Waals surface area contributed by atoms with Gasteiger partial charge in [0.05, 0.1) is 79.5 Å². The molecular formula is C138H124BBrN4O2. The summed E-state index contributed by atoms with van der Waals surface area (Å²) in [6.07, 6.45) is 0. The fraction of sp³-hybridized carbons (Fsp3) is 0.217. The number of rotatable bonds is 8. The summed E-state index contributed by atoms with van der Waals surface area (Å²) in [4.78, 5) is 10.2. The maximum absolute atomic E-state index is 6.40. The van der Waals surface area contributed by atoms with E-state index in [-0.39, 0.29) is 61.6 Å². The second kappa shape index (κ2) is 32.8. The molecule has 9 aliphatic heterocycles. The molecule has 0 bridgehead atoms. The number of hydrogen-bond acceptors (Lipinski definition) is 6. The van der Waals surface area contributed by atoms with E-state index in [1.807, 2.05) is 0 Å². The summed E-state index contributed by atoms with van der Waals surface area (Å²) < 4.78 is 14.0. The number of anilines is 12. The number of halogens is 1. The predicted octanol–water partition coefficient (Wildman–Crippen LogP) is 36.8. The van der Waals surface area contributed by atoms with Crippen LogP contribution in [0.15, 0.2) is 393 Å². The maximum atomic E-state index is 6.40. The molecule has 146 heavy (non-hydrogen) atoms. The fourth-order valence-electron chi connectivity index (χ4n) is 26.0. The van der Waals surface area contributed by atoms with Crippen LogP contribution in [0.2, 0.25) is 0 Å². The molecule has 18 aromatic carbocycles. The van der Waals surface area contributed by atoms with Crippen molar-refractivity contribution >= 4 is 96.8 Å². The second-order valence-electron chi connectivity index (χ2n) is 47.2. The zero-order valence-corrected chi connectivity index (χ0v) is 89.1. The van der Waals surface area contributed by atoms with Crippen molar-refractivity contribution in [2.75, 3.05) is 19.6 Å². The van der Waals surface area contributed by atoms with Crippen LogP contribution in [0.3, 0.4) is 0 Å². The first-order valence-corrected chi connectivity index (χ1v) is 53.0. The third kappa shape index (κ3) is 13.9. The first kappa shape index (κ1) is 92.7. The molecule has 0 aromatic heterocycles. The highest BCUT2D eigenvalue weighted by Gasteiger charge is 2.55. The van der Waals surface area contributed by atoms with E-state index in [0.717, 1.165) is 9.94 Å². The van der Waals surface area contributed by atoms with Gasteiger partial charge in [-0.25, -0.2) is 0 Å². The zero-order chi connectivity index (χ0) is 101. The van der Waals surface area contributed by atoms with Gasteiger partial charge in [-0.1, -0.05) is 394 Å². The van der Waals surface area contributed by atoms with Gasteiger partial charge >= 0.3 is 7.12 Å². The average Bonchev–Trinajstić information content (AvgIpc) is 0.865. The minimum absolute atomic E-state index is 0.0384. The summed E-state index contributed by atoms with van der Waals surface area (Å²) in [5.74, 6) is 0. The van der Waals surface area contributed by atoms with Crippen LogP contribution in [0.4, 0.5) is 68.2 Å². The molecule has 9 aliphatic rings. The van der Waals surface area contributed by atoms with Crippen LogP contribution in [0, 0.1) is 0 Å². The van der Waals surface area contributed by atoms with E-state index in [2.05, 4.69) is 562 Å². The molecule has 1 fully saturated rings. The quantitative estimate of drug-likeness (QED) is 0.141. The lowest BCUT2D eigenvalue weighted by atomic mass is 9.65. The van der Waals surface area contributed by atoms with E-state index in [9.17, 15) is 0 Å². The lowest BCUT2D eigenvalue weighted by Gasteiger charge is -2.50. The Labute approximate surface area is 871 Å². The third-order valence-electron chi connectivity index (χ3n) is 35.4. The highest BCUT2D eigenvalue weighted by atomic mass is 79.9. The van der Waals surface area contributed by atoms with Crippen molar-refractivity contribution in [1.82, 2.24) is 0 Å². The minimum Gasteiger partial charge on any atom is -0.399 e. The molecule has 1 saturated heterocycles. The molecule has 0 N–H and O–H groups in total. The van der Waals surface area contributed by atoms with E-state index >= 15 is 0 Å². The number of hydrogen-bond donors (Lipinski definition) is 0. The largest absolute Gasteiger partial charge is 0.494 e. The van der Waals surface area contributed by atoms with Crippen molar-refractivity contribution in [3.05, 3.63) is 482 Å². The minimum atomic E-state index is -0.388. The van der Waals surface area contributed by atoms with Gasteiger partial charge in [-0.2, -0.15) is 0 Å². The van der Waals surface area contributed by atoms with E-state index in [4.69, 9.17) is 9.31 Å². The molecule has 27 rings (SSSR count). The molecule has 0 amide bonds. The summed E-state index contributed by atoms with van der Waals surface area (Å²) in [5.41, 5.74) is 53.4. The summed E-state index contributed by atoms with van der Waals surface area (Å²) in [6.45, 7) is 46.8. The van der Waals surface area contributed by atoms with Crippen LogP contribution in [-0.4, -0.2) is 18.3 Å². The van der Waals surface area contributed by atoms with Crippen LogP contribution < -0.4 is 25.1 Å². The summed E-state index contributed by atoms with van der Waals surface area (Å²) in [6, 6.07) is 145. The van der Waals surface area contributed by atoms with Crippen LogP contribution in [0.5, 0.6) is 0 Å². The zero-order valence-electron chi connectivity index (χ0n) is 87.5. The van der Waals surface area contributed by atoms with Crippen molar-refractivity contribution < 1.29 is 9.31 Å². The van der Waals surface area contributed by atoms with Gasteiger partial charge in [-0.3, -0.25) is 0 Å². The molecule has 718 valence electrons. The van der Waals surface area contributed by atoms with Crippen molar-refractivity contribution in [2.24, 2.45) is 0 Å². The molecule has 0 unspecified atom stereocenters. The molecule has 0 aliphatic carbocycles. The highest BCUT2D eigenvalue weighted by molar-refractivity contribution is 9.10. The second-order valence-corrected chi connectivity index (χ2v) is 48.1. The fourth-order valence-corrected chi connectivity index (χ4v) is 26.5. The van der Waals surface area contributed by atoms with Gasteiger partial charge in [-0.05, 0) is 321 Å². The third-order valence-corrected chi connectivity index (χ3v) is 35.8. The van der Waals surface area contributed by atoms with Crippen molar-refractivity contribution in [2.45, 2.75) is 193 Å². The van der Waals surface area contributed by atoms with Crippen LogP contribution >= 0.6 is 15.9 Å². The highest BCUT2D eigenvalue weighted by Crippen LogP contribution is 2.68. The normalized spacial score (nSPS) is 17.5. The smallest absolute Gasteiger partial charge is 0.399 e. The number of fused-ring (bicyclic) bond motifs is 16. The van der Waals surface area contributed by atoms with E-state index < -0.39 is 0 Å². The van der Waals surface area contributed by atoms with E-state index in [0.29, 0.717) is 0 Å². The van der Waals surface area contributed by atoms with Crippen molar-refractivity contribution in [3.8, 4) is 77.9 Å². The Morgan fingerprint density at radius 1 is 0.164 bits per heavy atom. The summed E-state index contributed by atoms with van der Waals surface area (Å²) in [5, 5.41) is 0. The Bertz CT molecular complexity index is 8010. The molecule has 6 nitrogen and oxygen atoms in total. The number of nitrogens with zero attached hydrogens (tertiary/aromatic N) is 4. The molecule has 9 heterocycles. The standard InChI is InChI=1S/C66H56N2.C48H46BNO2.C24H22BrN/c1-63(2)49-23-15-17-25-57(49)67-58-26-18-16-24-50(58)64(3,4)54-38-47(37-53(63)61(54)67)43-27-29-44(30-28-43)48-39-55-62-56(40-48)66(7,8)52-36-46(42-21-13-10-14-22-42)32-34-60(52)68(62)59-33-31-45(35-51(59)65(55,5)6)41-19-11-9-12-20-41;1-45(2)38-27-34(31-15-11-9-12-16-31)21-25-42(38)50-43-26-22-35(32-17-13-10-14-18-32)28-39(43)46(3,4)41-30-36(29-40(45)44(41)50)33-19-23-37(24-20-33)49-51-47(5,6)48(7,8)52-49;1-23(2)16-9-5-7-11-20(16)26-21-12-8-6-10-17(21)24(3,4)19-14-15(25)13-18(23)22(19)26/h9-40H,1-8H3;9-30H,1-8H3;5-14H,1-4H3. The van der Waals surface area contributed by atoms with Crippen molar-refractivity contribution in [1.29, 1.82) is 0 Å².